The van der Waals surface area contributed by atoms with E-state index in [1.807, 2.05) is 6.92 Å². The molecule has 4 saturated heterocycles. The molecule has 0 saturated carbocycles. The van der Waals surface area contributed by atoms with Gasteiger partial charge in [-0.2, -0.15) is 0 Å². The number of unbranched alkanes of at least 4 members (excludes halogenated alkanes) is 10. The lowest BCUT2D eigenvalue weighted by Gasteiger charge is -2.40. The molecule has 4 aliphatic rings. The number of likely N-dealkylation sites (tertiary alicyclic amines) is 1. The zero-order valence-electron chi connectivity index (χ0n) is 68.2. The van der Waals surface area contributed by atoms with Crippen LogP contribution in [0, 0.1) is 30.3 Å². The third-order valence-corrected chi connectivity index (χ3v) is 21.3. The zero-order valence-corrected chi connectivity index (χ0v) is 69.1. The van der Waals surface area contributed by atoms with E-state index in [1.54, 1.807) is 25.7 Å². The Labute approximate surface area is 677 Å². The molecule has 0 aromatic carbocycles. The van der Waals surface area contributed by atoms with Gasteiger partial charge in [0.1, 0.15) is 42.2 Å². The predicted molar refractivity (Wildman–Crippen MR) is 416 cm³/mol. The van der Waals surface area contributed by atoms with E-state index < -0.39 is 125 Å². The second-order valence-electron chi connectivity index (χ2n) is 30.9. The van der Waals surface area contributed by atoms with Crippen molar-refractivity contribution in [3.63, 3.8) is 0 Å². The van der Waals surface area contributed by atoms with Gasteiger partial charge in [-0.3, -0.25) is 42.9 Å². The minimum atomic E-state index is -3.92. The number of ether oxygens (including phenoxy) is 9. The molecule has 38 heteroatoms. The van der Waals surface area contributed by atoms with Crippen molar-refractivity contribution in [1.29, 1.82) is 0 Å². The predicted octanol–water partition coefficient (Wildman–Crippen LogP) is -0.153. The van der Waals surface area contributed by atoms with Crippen LogP contribution in [0.3, 0.4) is 0 Å². The van der Waals surface area contributed by atoms with Crippen LogP contribution in [-0.2, 0) is 90.1 Å². The summed E-state index contributed by atoms with van der Waals surface area (Å²) in [6, 6.07) is -0.270. The molecule has 0 aromatic rings. The number of nitrogens with zero attached hydrogens (tertiary/aromatic N) is 1. The standard InChI is InChI=1S/C77H140N8O29P/c1-52-43-56(48-111-115(5,103)104)85(44-52)67(96)27-13-11-9-7-6-8-10-12-26-66(95)84-77(49-105-40-28-63(92)81-34-20-31-78-60(89)23-14-17-37-108-74-53(2)68(97)71(100)57(45-86)112-74,50-106-41-29-64(93)82-35-21-32-79-61(90)24-15-18-38-109-75-54(3)69(98)72(101)58(46-87)113-75)51-107-42-30-65(94)83-36-22-33-80-62(91)25-16-19-39-110-76-55(4)70(99)73(102)59(47-88)114-76/h52-59,68-76,86-88,97-102H,5-51H2,1-4H3,(H,78,89)(H,79,90)(H,80,91)(H,81,92)(H,82,93)(H,83,94)(H,84,95)(H,103,104)/q-1/t52-,53?,54?,55?,56+,57?,58?,59?,68?,69?,70?,71?,72?,73?,74?,75?,76?,77?/m1/s1. The SMILES string of the molecule is [CH2-]P(=O)(O)OC[C@@H]1C[C@@H](C)CN1C(=O)CCCCCCCCCCC(=O)NC(COCCC(=O)NCCCNC(=O)CCCCOC1OC(CO)C(O)C(O)C1C)(COCCC(=O)NCCCNC(=O)CCCCOC1OC(CO)C(O)C(O)C1C)COCCC(=O)NCCCNC(=O)CCCCOC1OC(CO)C(O)C(O)C1C. The van der Waals surface area contributed by atoms with E-state index in [-0.39, 0.29) is 210 Å². The first-order valence-electron chi connectivity index (χ1n) is 41.5. The van der Waals surface area contributed by atoms with Gasteiger partial charge < -0.3 is 140 Å². The Balaban J connectivity index is 1.28. The summed E-state index contributed by atoms with van der Waals surface area (Å²) in [5, 5.41) is 110. The van der Waals surface area contributed by atoms with Gasteiger partial charge in [-0.15, -0.1) is 0 Å². The number of nitrogens with one attached hydrogen (secondary N) is 7. The highest BCUT2D eigenvalue weighted by Crippen LogP contribution is 2.41. The number of amides is 8. The molecule has 0 spiro atoms. The molecule has 17 N–H and O–H groups in total. The highest BCUT2D eigenvalue weighted by Gasteiger charge is 2.45. The Kier molecular flexibility index (Phi) is 51.9. The van der Waals surface area contributed by atoms with Crippen LogP contribution in [0.25, 0.3) is 0 Å². The van der Waals surface area contributed by atoms with E-state index in [4.69, 9.17) is 47.2 Å². The molecule has 4 fully saturated rings. The molecule has 18 atom stereocenters. The third kappa shape index (κ3) is 41.8. The van der Waals surface area contributed by atoms with Crippen LogP contribution in [0.5, 0.6) is 0 Å². The number of hydrogen-bond donors (Lipinski definition) is 17. The quantitative estimate of drug-likeness (QED) is 0.0214. The van der Waals surface area contributed by atoms with Gasteiger partial charge in [0.05, 0.1) is 90.4 Å². The molecule has 16 unspecified atom stereocenters. The second kappa shape index (κ2) is 58.2. The van der Waals surface area contributed by atoms with Crippen LogP contribution in [0.2, 0.25) is 0 Å². The number of aliphatic hydroxyl groups is 9. The van der Waals surface area contributed by atoms with Gasteiger partial charge in [0.25, 0.3) is 0 Å². The maximum Gasteiger partial charge on any atom is 0.222 e. The first-order chi connectivity index (χ1) is 55.0. The normalized spacial score (nSPS) is 26.6. The molecule has 4 rings (SSSR count). The molecular formula is C77H140N8O29P-. The smallest absolute Gasteiger partial charge is 0.222 e. The number of rotatable bonds is 63. The van der Waals surface area contributed by atoms with Crippen LogP contribution in [-0.4, -0.2) is 320 Å². The van der Waals surface area contributed by atoms with Crippen LogP contribution in [0.15, 0.2) is 0 Å². The molecule has 0 aromatic heterocycles. The fraction of sp³-hybridized carbons (Fsp3) is 0.883. The lowest BCUT2D eigenvalue weighted by molar-refractivity contribution is -0.282. The molecular weight excluding hydrogens is 1530 g/mol. The van der Waals surface area contributed by atoms with Gasteiger partial charge in [0.15, 0.2) is 26.5 Å². The van der Waals surface area contributed by atoms with Gasteiger partial charge in [0, 0.05) is 135 Å². The summed E-state index contributed by atoms with van der Waals surface area (Å²) >= 11 is 0. The lowest BCUT2D eigenvalue weighted by atomic mass is 9.92. The first-order valence-corrected chi connectivity index (χ1v) is 43.3. The van der Waals surface area contributed by atoms with E-state index >= 15 is 0 Å². The Morgan fingerprint density at radius 1 is 0.409 bits per heavy atom. The summed E-state index contributed by atoms with van der Waals surface area (Å²) in [6.45, 7) is 10.6. The van der Waals surface area contributed by atoms with E-state index in [9.17, 15) is 93.8 Å². The molecule has 0 radical (unpaired) electrons. The number of carbonyl (C=O) groups is 8. The highest BCUT2D eigenvalue weighted by atomic mass is 31.2. The van der Waals surface area contributed by atoms with Crippen molar-refractivity contribution in [3.05, 3.63) is 6.66 Å². The van der Waals surface area contributed by atoms with Crippen LogP contribution >= 0.6 is 7.60 Å². The number of aliphatic hydroxyl groups excluding tert-OH is 9. The summed E-state index contributed by atoms with van der Waals surface area (Å²) < 4.78 is 69.0. The molecule has 4 aliphatic heterocycles. The fourth-order valence-electron chi connectivity index (χ4n) is 13.6. The lowest BCUT2D eigenvalue weighted by Crippen LogP contribution is -2.58. The van der Waals surface area contributed by atoms with Crippen LogP contribution in [0.1, 0.15) is 195 Å². The van der Waals surface area contributed by atoms with Gasteiger partial charge in [-0.25, -0.2) is 6.66 Å². The minimum absolute atomic E-state index is 0.00557. The minimum Gasteiger partial charge on any atom is -0.394 e. The van der Waals surface area contributed by atoms with E-state index in [1.165, 1.54) is 0 Å². The van der Waals surface area contributed by atoms with Gasteiger partial charge in [-0.1, -0.05) is 66.2 Å². The second-order valence-corrected chi connectivity index (χ2v) is 32.4. The molecule has 668 valence electrons. The molecule has 4 heterocycles. The average molecular weight is 1670 g/mol. The van der Waals surface area contributed by atoms with E-state index in [0.717, 1.165) is 38.5 Å². The maximum atomic E-state index is 14.0. The van der Waals surface area contributed by atoms with E-state index in [0.29, 0.717) is 90.0 Å². The molecule has 8 amide bonds. The van der Waals surface area contributed by atoms with Crippen molar-refractivity contribution in [2.45, 2.75) is 280 Å². The van der Waals surface area contributed by atoms with Crippen molar-refractivity contribution in [2.75, 3.05) is 132 Å². The summed E-state index contributed by atoms with van der Waals surface area (Å²) in [7, 11) is -3.92. The monoisotopic (exact) mass is 1670 g/mol. The van der Waals surface area contributed by atoms with Crippen molar-refractivity contribution in [2.24, 2.45) is 23.7 Å². The van der Waals surface area contributed by atoms with Gasteiger partial charge in [-0.05, 0) is 83.0 Å². The highest BCUT2D eigenvalue weighted by molar-refractivity contribution is 7.54. The Hall–Kier alpha value is -4.81. The largest absolute Gasteiger partial charge is 0.394 e. The molecule has 115 heavy (non-hydrogen) atoms. The number of carbonyl (C=O) groups excluding carboxylic acids is 8. The fourth-order valence-corrected chi connectivity index (χ4v) is 14.0. The molecule has 0 bridgehead atoms. The molecule has 37 nitrogen and oxygen atoms in total. The Bertz CT molecular complexity index is 2590. The van der Waals surface area contributed by atoms with Crippen molar-refractivity contribution >= 4 is 54.9 Å². The van der Waals surface area contributed by atoms with E-state index in [2.05, 4.69) is 43.9 Å². The Morgan fingerprint density at radius 3 is 1.03 bits per heavy atom. The Morgan fingerprint density at radius 2 is 0.704 bits per heavy atom. The average Bonchev–Trinajstić information content (AvgIpc) is 1.71. The zero-order chi connectivity index (χ0) is 84.6. The maximum absolute atomic E-state index is 14.0. The summed E-state index contributed by atoms with van der Waals surface area (Å²) in [5.41, 5.74) is -1.40. The molecule has 0 aliphatic carbocycles. The van der Waals surface area contributed by atoms with Gasteiger partial charge in [0.2, 0.25) is 47.3 Å². The van der Waals surface area contributed by atoms with Crippen molar-refractivity contribution < 1.29 is 141 Å². The topological polar surface area (TPSA) is 536 Å². The summed E-state index contributed by atoms with van der Waals surface area (Å²) in [4.78, 5) is 115. The third-order valence-electron chi connectivity index (χ3n) is 20.7. The summed E-state index contributed by atoms with van der Waals surface area (Å²) in [5.74, 6) is -3.34. The van der Waals surface area contributed by atoms with Crippen molar-refractivity contribution in [1.82, 2.24) is 42.1 Å². The summed E-state index contributed by atoms with van der Waals surface area (Å²) in [6.07, 6.45) is -0.259. The van der Waals surface area contributed by atoms with Crippen LogP contribution < -0.4 is 37.2 Å². The number of hydrogen-bond acceptors (Lipinski definition) is 28. The van der Waals surface area contributed by atoms with Gasteiger partial charge >= 0.3 is 0 Å². The van der Waals surface area contributed by atoms with Crippen LogP contribution in [0.4, 0.5) is 0 Å². The van der Waals surface area contributed by atoms with Crippen molar-refractivity contribution in [3.8, 4) is 0 Å². The first kappa shape index (κ1) is 103.